The summed E-state index contributed by atoms with van der Waals surface area (Å²) in [4.78, 5) is 11.4. The smallest absolute Gasteiger partial charge is 0.249 e. The maximum Gasteiger partial charge on any atom is 0.249 e. The van der Waals surface area contributed by atoms with Gasteiger partial charge in [-0.25, -0.2) is 0 Å². The van der Waals surface area contributed by atoms with Gasteiger partial charge in [-0.3, -0.25) is 4.79 Å². The number of carbonyl (C=O) groups is 1. The highest BCUT2D eigenvalue weighted by atomic mass is 16.5. The standard InChI is InChI=1S/C17H18N2O2/c18-17(20)15-7-3-1-6-13(15)10-19-11-14-9-12-5-2-4-8-16(12)21-14/h1-8,14,19H,9-11H2,(H2,18,20). The summed E-state index contributed by atoms with van der Waals surface area (Å²) < 4.78 is 5.87. The third-order valence-corrected chi connectivity index (χ3v) is 3.68. The van der Waals surface area contributed by atoms with Gasteiger partial charge < -0.3 is 15.8 Å². The second kappa shape index (κ2) is 5.97. The maximum atomic E-state index is 11.4. The van der Waals surface area contributed by atoms with Crippen LogP contribution in [0.2, 0.25) is 0 Å². The van der Waals surface area contributed by atoms with Gasteiger partial charge in [-0.2, -0.15) is 0 Å². The van der Waals surface area contributed by atoms with Crippen LogP contribution < -0.4 is 15.8 Å². The molecule has 0 bridgehead atoms. The first-order valence-electron chi connectivity index (χ1n) is 7.07. The molecule has 1 heterocycles. The molecule has 0 aromatic heterocycles. The predicted octanol–water partition coefficient (Wildman–Crippen LogP) is 1.88. The summed E-state index contributed by atoms with van der Waals surface area (Å²) in [5, 5.41) is 3.34. The van der Waals surface area contributed by atoms with E-state index in [2.05, 4.69) is 11.4 Å². The minimum Gasteiger partial charge on any atom is -0.488 e. The van der Waals surface area contributed by atoms with Crippen LogP contribution in [0.15, 0.2) is 48.5 Å². The van der Waals surface area contributed by atoms with Crippen molar-refractivity contribution >= 4 is 5.91 Å². The highest BCUT2D eigenvalue weighted by molar-refractivity contribution is 5.94. The fourth-order valence-corrected chi connectivity index (χ4v) is 2.65. The van der Waals surface area contributed by atoms with Gasteiger partial charge in [0.15, 0.2) is 0 Å². The van der Waals surface area contributed by atoms with Gasteiger partial charge in [0.05, 0.1) is 0 Å². The number of para-hydroxylation sites is 1. The number of fused-ring (bicyclic) bond motifs is 1. The number of hydrogen-bond donors (Lipinski definition) is 2. The molecule has 1 aliphatic heterocycles. The molecule has 21 heavy (non-hydrogen) atoms. The van der Waals surface area contributed by atoms with Crippen LogP contribution in [-0.4, -0.2) is 18.6 Å². The average Bonchev–Trinajstić information content (AvgIpc) is 2.90. The molecule has 4 nitrogen and oxygen atoms in total. The molecule has 0 radical (unpaired) electrons. The first kappa shape index (κ1) is 13.6. The Morgan fingerprint density at radius 1 is 1.19 bits per heavy atom. The van der Waals surface area contributed by atoms with Gasteiger partial charge >= 0.3 is 0 Å². The van der Waals surface area contributed by atoms with Crippen molar-refractivity contribution in [3.63, 3.8) is 0 Å². The van der Waals surface area contributed by atoms with Crippen molar-refractivity contribution in [2.75, 3.05) is 6.54 Å². The first-order valence-corrected chi connectivity index (χ1v) is 7.07. The van der Waals surface area contributed by atoms with Gasteiger partial charge in [0.1, 0.15) is 11.9 Å². The predicted molar refractivity (Wildman–Crippen MR) is 81.2 cm³/mol. The quantitative estimate of drug-likeness (QED) is 0.880. The number of primary amides is 1. The molecule has 2 aromatic carbocycles. The Hall–Kier alpha value is -2.33. The summed E-state index contributed by atoms with van der Waals surface area (Å²) in [6.07, 6.45) is 1.06. The monoisotopic (exact) mass is 282 g/mol. The number of nitrogens with one attached hydrogen (secondary N) is 1. The molecule has 108 valence electrons. The fraction of sp³-hybridized carbons (Fsp3) is 0.235. The van der Waals surface area contributed by atoms with Crippen molar-refractivity contribution in [3.05, 3.63) is 65.2 Å². The van der Waals surface area contributed by atoms with E-state index in [9.17, 15) is 4.79 Å². The largest absolute Gasteiger partial charge is 0.488 e. The Balaban J connectivity index is 1.55. The molecule has 0 saturated carbocycles. The molecule has 0 aliphatic carbocycles. The minimum atomic E-state index is -0.392. The minimum absolute atomic E-state index is 0.142. The normalized spacial score (nSPS) is 16.3. The van der Waals surface area contributed by atoms with Gasteiger partial charge in [0.2, 0.25) is 5.91 Å². The molecule has 3 N–H and O–H groups in total. The Kier molecular flexibility index (Phi) is 3.88. The third-order valence-electron chi connectivity index (χ3n) is 3.68. The molecule has 2 aromatic rings. The van der Waals surface area contributed by atoms with Gasteiger partial charge in [-0.05, 0) is 23.3 Å². The van der Waals surface area contributed by atoms with E-state index in [1.807, 2.05) is 36.4 Å². The van der Waals surface area contributed by atoms with Crippen LogP contribution in [0.4, 0.5) is 0 Å². The lowest BCUT2D eigenvalue weighted by atomic mass is 10.1. The number of nitrogens with two attached hydrogens (primary N) is 1. The summed E-state index contributed by atoms with van der Waals surface area (Å²) in [5.41, 5.74) is 8.11. The van der Waals surface area contributed by atoms with Gasteiger partial charge in [0, 0.05) is 25.1 Å². The van der Waals surface area contributed by atoms with Gasteiger partial charge in [-0.1, -0.05) is 36.4 Å². The van der Waals surface area contributed by atoms with Crippen molar-refractivity contribution in [3.8, 4) is 5.75 Å². The zero-order valence-corrected chi connectivity index (χ0v) is 11.7. The first-order chi connectivity index (χ1) is 10.2. The summed E-state index contributed by atoms with van der Waals surface area (Å²) in [6.45, 7) is 1.34. The van der Waals surface area contributed by atoms with Gasteiger partial charge in [0.25, 0.3) is 0 Å². The molecule has 1 aliphatic rings. The maximum absolute atomic E-state index is 11.4. The van der Waals surface area contributed by atoms with Crippen LogP contribution in [0.25, 0.3) is 0 Å². The van der Waals surface area contributed by atoms with E-state index in [1.54, 1.807) is 6.07 Å². The Morgan fingerprint density at radius 3 is 2.76 bits per heavy atom. The second-order valence-electron chi connectivity index (χ2n) is 5.20. The van der Waals surface area contributed by atoms with Crippen molar-refractivity contribution in [1.29, 1.82) is 0 Å². The molecule has 3 rings (SSSR count). The van der Waals surface area contributed by atoms with Crippen LogP contribution in [0.3, 0.4) is 0 Å². The third kappa shape index (κ3) is 3.06. The van der Waals surface area contributed by atoms with Crippen LogP contribution >= 0.6 is 0 Å². The van der Waals surface area contributed by atoms with E-state index < -0.39 is 5.91 Å². The van der Waals surface area contributed by atoms with E-state index in [0.717, 1.165) is 24.3 Å². The van der Waals surface area contributed by atoms with E-state index in [0.29, 0.717) is 12.1 Å². The van der Waals surface area contributed by atoms with Gasteiger partial charge in [-0.15, -0.1) is 0 Å². The highest BCUT2D eigenvalue weighted by Crippen LogP contribution is 2.27. The van der Waals surface area contributed by atoms with Crippen LogP contribution in [0, 0.1) is 0 Å². The van der Waals surface area contributed by atoms with Crippen LogP contribution in [-0.2, 0) is 13.0 Å². The number of hydrogen-bond acceptors (Lipinski definition) is 3. The molecule has 0 saturated heterocycles. The number of amides is 1. The molecule has 1 unspecified atom stereocenters. The molecule has 1 amide bonds. The molecular formula is C17H18N2O2. The Morgan fingerprint density at radius 2 is 1.95 bits per heavy atom. The zero-order chi connectivity index (χ0) is 14.7. The van der Waals surface area contributed by atoms with Crippen molar-refractivity contribution < 1.29 is 9.53 Å². The zero-order valence-electron chi connectivity index (χ0n) is 11.7. The SMILES string of the molecule is NC(=O)c1ccccc1CNCC1Cc2ccccc2O1. The molecule has 0 spiro atoms. The van der Waals surface area contributed by atoms with Crippen molar-refractivity contribution in [1.82, 2.24) is 5.32 Å². The Bertz CT molecular complexity index is 630. The van der Waals surface area contributed by atoms with Crippen LogP contribution in [0.5, 0.6) is 5.75 Å². The molecular weight excluding hydrogens is 264 g/mol. The number of benzene rings is 2. The second-order valence-corrected chi connectivity index (χ2v) is 5.20. The topological polar surface area (TPSA) is 64.4 Å². The van der Waals surface area contributed by atoms with E-state index >= 15 is 0 Å². The lowest BCUT2D eigenvalue weighted by Gasteiger charge is -2.13. The molecule has 0 fully saturated rings. The Labute approximate surface area is 123 Å². The summed E-state index contributed by atoms with van der Waals surface area (Å²) in [7, 11) is 0. The molecule has 4 heteroatoms. The van der Waals surface area contributed by atoms with E-state index in [-0.39, 0.29) is 6.10 Å². The van der Waals surface area contributed by atoms with E-state index in [1.165, 1.54) is 5.56 Å². The van der Waals surface area contributed by atoms with E-state index in [4.69, 9.17) is 10.5 Å². The summed E-state index contributed by atoms with van der Waals surface area (Å²) >= 11 is 0. The highest BCUT2D eigenvalue weighted by Gasteiger charge is 2.21. The summed E-state index contributed by atoms with van der Waals surface area (Å²) in [6, 6.07) is 15.5. The van der Waals surface area contributed by atoms with Crippen molar-refractivity contribution in [2.45, 2.75) is 19.1 Å². The van der Waals surface area contributed by atoms with Crippen LogP contribution in [0.1, 0.15) is 21.5 Å². The van der Waals surface area contributed by atoms with Crippen molar-refractivity contribution in [2.24, 2.45) is 5.73 Å². The molecule has 1 atom stereocenters. The average molecular weight is 282 g/mol. The summed E-state index contributed by atoms with van der Waals surface area (Å²) in [5.74, 6) is 0.582. The number of rotatable bonds is 5. The lowest BCUT2D eigenvalue weighted by Crippen LogP contribution is -2.30. The number of carbonyl (C=O) groups excluding carboxylic acids is 1. The lowest BCUT2D eigenvalue weighted by molar-refractivity contribution is 0.0999. The number of ether oxygens (including phenoxy) is 1. The fourth-order valence-electron chi connectivity index (χ4n) is 2.65.